The van der Waals surface area contributed by atoms with Gasteiger partial charge in [0.2, 0.25) is 0 Å². The summed E-state index contributed by atoms with van der Waals surface area (Å²) in [6.45, 7) is 0.725. The van der Waals surface area contributed by atoms with Crippen molar-refractivity contribution in [1.29, 1.82) is 0 Å². The van der Waals surface area contributed by atoms with E-state index in [0.29, 0.717) is 6.54 Å². The molecule has 5 heteroatoms. The van der Waals surface area contributed by atoms with E-state index in [2.05, 4.69) is 5.32 Å². The Morgan fingerprint density at radius 1 is 1.28 bits per heavy atom. The molecule has 0 bridgehead atoms. The fourth-order valence-corrected chi connectivity index (χ4v) is 1.78. The van der Waals surface area contributed by atoms with E-state index in [-0.39, 0.29) is 23.1 Å². The number of aliphatic hydroxyl groups is 1. The Bertz CT molecular complexity index is 399. The molecule has 1 amide bonds. The highest BCUT2D eigenvalue weighted by Crippen LogP contribution is 2.19. The molecule has 0 aromatic heterocycles. The van der Waals surface area contributed by atoms with Crippen LogP contribution >= 0.6 is 11.6 Å². The van der Waals surface area contributed by atoms with Crippen molar-refractivity contribution in [1.82, 2.24) is 5.32 Å². The average Bonchev–Trinajstić information content (AvgIpc) is 2.36. The number of hydrogen-bond donors (Lipinski definition) is 2. The van der Waals surface area contributed by atoms with Gasteiger partial charge in [-0.15, -0.1) is 0 Å². The maximum atomic E-state index is 13.1. The molecule has 18 heavy (non-hydrogen) atoms. The predicted molar refractivity (Wildman–Crippen MR) is 69.3 cm³/mol. The molecular formula is C13H17ClFNO2. The lowest BCUT2D eigenvalue weighted by Gasteiger charge is -2.07. The topological polar surface area (TPSA) is 49.3 Å². The van der Waals surface area contributed by atoms with E-state index in [1.54, 1.807) is 0 Å². The van der Waals surface area contributed by atoms with Crippen molar-refractivity contribution in [2.24, 2.45) is 0 Å². The number of amides is 1. The average molecular weight is 274 g/mol. The van der Waals surface area contributed by atoms with E-state index in [1.165, 1.54) is 18.2 Å². The highest BCUT2D eigenvalue weighted by Gasteiger charge is 2.12. The Morgan fingerprint density at radius 3 is 2.72 bits per heavy atom. The Morgan fingerprint density at radius 2 is 2.00 bits per heavy atom. The first-order valence-electron chi connectivity index (χ1n) is 6.00. The number of benzene rings is 1. The number of hydrogen-bond acceptors (Lipinski definition) is 2. The smallest absolute Gasteiger partial charge is 0.252 e. The molecule has 3 nitrogen and oxygen atoms in total. The van der Waals surface area contributed by atoms with Crippen molar-refractivity contribution in [3.8, 4) is 0 Å². The lowest BCUT2D eigenvalue weighted by Crippen LogP contribution is -2.24. The first-order valence-corrected chi connectivity index (χ1v) is 6.37. The van der Waals surface area contributed by atoms with Crippen molar-refractivity contribution < 1.29 is 14.3 Å². The Kier molecular flexibility index (Phi) is 6.68. The third-order valence-electron chi connectivity index (χ3n) is 2.57. The molecule has 0 spiro atoms. The quantitative estimate of drug-likeness (QED) is 0.751. The molecule has 0 fully saturated rings. The summed E-state index contributed by atoms with van der Waals surface area (Å²) in [5, 5.41) is 11.1. The second-order valence-corrected chi connectivity index (χ2v) is 4.37. The van der Waals surface area contributed by atoms with Crippen LogP contribution in [0.3, 0.4) is 0 Å². The molecule has 2 N–H and O–H groups in total. The van der Waals surface area contributed by atoms with Gasteiger partial charge in [0.15, 0.2) is 0 Å². The van der Waals surface area contributed by atoms with Crippen LogP contribution in [-0.2, 0) is 0 Å². The van der Waals surface area contributed by atoms with Gasteiger partial charge in [-0.05, 0) is 25.0 Å². The summed E-state index contributed by atoms with van der Waals surface area (Å²) >= 11 is 5.71. The van der Waals surface area contributed by atoms with Gasteiger partial charge in [-0.1, -0.05) is 30.5 Å². The van der Waals surface area contributed by atoms with Crippen LogP contribution in [0.1, 0.15) is 36.0 Å². The molecule has 0 saturated carbocycles. The minimum absolute atomic E-state index is 0.143. The van der Waals surface area contributed by atoms with Crippen molar-refractivity contribution in [2.45, 2.75) is 25.7 Å². The Labute approximate surface area is 111 Å². The number of carbonyl (C=O) groups is 1. The van der Waals surface area contributed by atoms with Gasteiger partial charge in [-0.2, -0.15) is 0 Å². The molecule has 1 rings (SSSR count). The first kappa shape index (κ1) is 14.9. The van der Waals surface area contributed by atoms with Crippen molar-refractivity contribution in [2.75, 3.05) is 13.2 Å². The zero-order chi connectivity index (χ0) is 13.4. The Hall–Kier alpha value is -1.13. The van der Waals surface area contributed by atoms with E-state index in [9.17, 15) is 9.18 Å². The van der Waals surface area contributed by atoms with E-state index in [4.69, 9.17) is 16.7 Å². The van der Waals surface area contributed by atoms with Gasteiger partial charge in [0.25, 0.3) is 5.91 Å². The highest BCUT2D eigenvalue weighted by molar-refractivity contribution is 6.34. The van der Waals surface area contributed by atoms with Gasteiger partial charge in [0.1, 0.15) is 5.82 Å². The largest absolute Gasteiger partial charge is 0.396 e. The minimum Gasteiger partial charge on any atom is -0.396 e. The van der Waals surface area contributed by atoms with Crippen LogP contribution in [0, 0.1) is 5.82 Å². The summed E-state index contributed by atoms with van der Waals surface area (Å²) in [4.78, 5) is 11.7. The van der Waals surface area contributed by atoms with E-state index < -0.39 is 5.82 Å². The zero-order valence-corrected chi connectivity index (χ0v) is 10.8. The predicted octanol–water partition coefficient (Wildman–Crippen LogP) is 2.76. The van der Waals surface area contributed by atoms with E-state index in [1.807, 2.05) is 0 Å². The number of nitrogens with one attached hydrogen (secondary N) is 1. The summed E-state index contributed by atoms with van der Waals surface area (Å²) < 4.78 is 13.1. The Balaban J connectivity index is 2.35. The number of unbranched alkanes of at least 4 members (excludes halogenated alkanes) is 3. The van der Waals surface area contributed by atoms with Crippen molar-refractivity contribution in [3.05, 3.63) is 34.6 Å². The molecule has 0 saturated heterocycles. The van der Waals surface area contributed by atoms with Crippen LogP contribution in [0.15, 0.2) is 18.2 Å². The monoisotopic (exact) mass is 273 g/mol. The SMILES string of the molecule is O=C(NCCCCCCO)c1cccc(F)c1Cl. The molecule has 0 unspecified atom stereocenters. The molecule has 0 aliphatic carbocycles. The van der Waals surface area contributed by atoms with Gasteiger partial charge in [-0.3, -0.25) is 4.79 Å². The summed E-state index contributed by atoms with van der Waals surface area (Å²) in [5.74, 6) is -0.950. The molecule has 100 valence electrons. The number of aliphatic hydroxyl groups excluding tert-OH is 1. The third-order valence-corrected chi connectivity index (χ3v) is 2.95. The summed E-state index contributed by atoms with van der Waals surface area (Å²) in [5.41, 5.74) is 0.159. The van der Waals surface area contributed by atoms with Crippen LogP contribution < -0.4 is 5.32 Å². The summed E-state index contributed by atoms with van der Waals surface area (Å²) in [7, 11) is 0. The van der Waals surface area contributed by atoms with Gasteiger partial charge in [-0.25, -0.2) is 4.39 Å². The summed E-state index contributed by atoms with van der Waals surface area (Å²) in [6.07, 6.45) is 3.49. The van der Waals surface area contributed by atoms with Crippen molar-refractivity contribution >= 4 is 17.5 Å². The summed E-state index contributed by atoms with van der Waals surface area (Å²) in [6, 6.07) is 4.16. The van der Waals surface area contributed by atoms with Crippen LogP contribution in [0.4, 0.5) is 4.39 Å². The van der Waals surface area contributed by atoms with Gasteiger partial charge >= 0.3 is 0 Å². The van der Waals surface area contributed by atoms with Gasteiger partial charge < -0.3 is 10.4 Å². The second kappa shape index (κ2) is 8.06. The molecule has 1 aromatic rings. The third kappa shape index (κ3) is 4.63. The number of carbonyl (C=O) groups excluding carboxylic acids is 1. The normalized spacial score (nSPS) is 10.4. The van der Waals surface area contributed by atoms with Crippen LogP contribution in [0.25, 0.3) is 0 Å². The molecule has 0 aliphatic heterocycles. The molecule has 0 aliphatic rings. The lowest BCUT2D eigenvalue weighted by atomic mass is 10.2. The number of halogens is 2. The van der Waals surface area contributed by atoms with Crippen LogP contribution in [-0.4, -0.2) is 24.2 Å². The standard InChI is InChI=1S/C13H17ClFNO2/c14-12-10(6-5-7-11(12)15)13(18)16-8-3-1-2-4-9-17/h5-7,17H,1-4,8-9H2,(H,16,18). The second-order valence-electron chi connectivity index (χ2n) is 4.00. The maximum Gasteiger partial charge on any atom is 0.252 e. The highest BCUT2D eigenvalue weighted by atomic mass is 35.5. The molecular weight excluding hydrogens is 257 g/mol. The number of rotatable bonds is 7. The van der Waals surface area contributed by atoms with Gasteiger partial charge in [0, 0.05) is 13.2 Å². The maximum absolute atomic E-state index is 13.1. The zero-order valence-electron chi connectivity index (χ0n) is 10.1. The minimum atomic E-state index is -0.590. The molecule has 1 aromatic carbocycles. The fourth-order valence-electron chi connectivity index (χ4n) is 1.57. The lowest BCUT2D eigenvalue weighted by molar-refractivity contribution is 0.0952. The van der Waals surface area contributed by atoms with Crippen LogP contribution in [0.5, 0.6) is 0 Å². The molecule has 0 atom stereocenters. The van der Waals surface area contributed by atoms with Crippen LogP contribution in [0.2, 0.25) is 5.02 Å². The van der Waals surface area contributed by atoms with E-state index in [0.717, 1.165) is 25.7 Å². The fraction of sp³-hybridized carbons (Fsp3) is 0.462. The first-order chi connectivity index (χ1) is 8.66. The molecule has 0 radical (unpaired) electrons. The molecule has 0 heterocycles. The van der Waals surface area contributed by atoms with Crippen molar-refractivity contribution in [3.63, 3.8) is 0 Å². The van der Waals surface area contributed by atoms with Gasteiger partial charge in [0.05, 0.1) is 10.6 Å². The van der Waals surface area contributed by atoms with E-state index >= 15 is 0 Å².